The Balaban J connectivity index is 2.66. The highest BCUT2D eigenvalue weighted by molar-refractivity contribution is 5.14. The van der Waals surface area contributed by atoms with Crippen molar-refractivity contribution in [3.63, 3.8) is 0 Å². The van der Waals surface area contributed by atoms with E-state index in [1.165, 1.54) is 6.26 Å². The van der Waals surface area contributed by atoms with Gasteiger partial charge in [-0.1, -0.05) is 6.08 Å². The van der Waals surface area contributed by atoms with Crippen molar-refractivity contribution in [1.82, 2.24) is 0 Å². The molecule has 0 amide bonds. The van der Waals surface area contributed by atoms with E-state index in [9.17, 15) is 0 Å². The third-order valence-electron chi connectivity index (χ3n) is 1.43. The van der Waals surface area contributed by atoms with Gasteiger partial charge in [-0.3, -0.25) is 0 Å². The Hall–Kier alpha value is -0.800. The Kier molecular flexibility index (Phi) is 2.09. The van der Waals surface area contributed by atoms with Gasteiger partial charge in [-0.05, 0) is 12.2 Å². The lowest BCUT2D eigenvalue weighted by Gasteiger charge is -2.26. The van der Waals surface area contributed by atoms with E-state index in [4.69, 9.17) is 14.9 Å². The minimum absolute atomic E-state index is 0.204. The predicted octanol–water partition coefficient (Wildman–Crippen LogP) is -0.190. The number of rotatable bonds is 2. The molecule has 0 aromatic rings. The quantitative estimate of drug-likeness (QED) is 0.561. The Bertz CT molecular complexity index is 156. The molecule has 0 atom stereocenters. The molecular weight excluding hydrogens is 132 g/mol. The van der Waals surface area contributed by atoms with Crippen molar-refractivity contribution >= 4 is 0 Å². The van der Waals surface area contributed by atoms with E-state index in [2.05, 4.69) is 0 Å². The molecule has 1 aliphatic rings. The summed E-state index contributed by atoms with van der Waals surface area (Å²) in [6, 6.07) is 0. The highest BCUT2D eigenvalue weighted by Crippen LogP contribution is 2.15. The third kappa shape index (κ3) is 1.20. The summed E-state index contributed by atoms with van der Waals surface area (Å²) in [5.74, 6) is 0. The van der Waals surface area contributed by atoms with Gasteiger partial charge >= 0.3 is 0 Å². The fourth-order valence-corrected chi connectivity index (χ4v) is 0.720. The number of hydrogen-bond donors (Lipinski definition) is 2. The molecular formula is C7H10O3. The molecule has 0 fully saturated rings. The topological polar surface area (TPSA) is 49.7 Å². The molecule has 10 heavy (non-hydrogen) atoms. The van der Waals surface area contributed by atoms with Gasteiger partial charge in [-0.2, -0.15) is 0 Å². The van der Waals surface area contributed by atoms with Gasteiger partial charge in [0.1, 0.15) is 0 Å². The molecule has 0 unspecified atom stereocenters. The van der Waals surface area contributed by atoms with Crippen LogP contribution >= 0.6 is 0 Å². The maximum Gasteiger partial charge on any atom is 0.172 e. The summed E-state index contributed by atoms with van der Waals surface area (Å²) in [5.41, 5.74) is -0.894. The molecule has 0 saturated heterocycles. The first-order valence-electron chi connectivity index (χ1n) is 3.07. The second kappa shape index (κ2) is 2.86. The molecule has 1 rings (SSSR count). The number of ether oxygens (including phenoxy) is 1. The van der Waals surface area contributed by atoms with Crippen molar-refractivity contribution in [3.8, 4) is 0 Å². The van der Waals surface area contributed by atoms with E-state index in [1.54, 1.807) is 18.2 Å². The number of hydrogen-bond acceptors (Lipinski definition) is 3. The minimum Gasteiger partial charge on any atom is -0.486 e. The van der Waals surface area contributed by atoms with Crippen LogP contribution in [0, 0.1) is 0 Å². The Morgan fingerprint density at radius 3 is 2.20 bits per heavy atom. The first kappa shape index (κ1) is 7.31. The van der Waals surface area contributed by atoms with Crippen LogP contribution in [0.5, 0.6) is 0 Å². The van der Waals surface area contributed by atoms with Gasteiger partial charge in [0.05, 0.1) is 19.5 Å². The smallest absolute Gasteiger partial charge is 0.172 e. The Morgan fingerprint density at radius 2 is 1.90 bits per heavy atom. The summed E-state index contributed by atoms with van der Waals surface area (Å²) < 4.78 is 5.00. The van der Waals surface area contributed by atoms with E-state index in [1.807, 2.05) is 0 Å². The van der Waals surface area contributed by atoms with Crippen molar-refractivity contribution in [3.05, 3.63) is 24.5 Å². The number of allylic oxidation sites excluding steroid dienone is 2. The zero-order valence-electron chi connectivity index (χ0n) is 5.53. The molecule has 0 aromatic heterocycles. The summed E-state index contributed by atoms with van der Waals surface area (Å²) in [4.78, 5) is 0. The van der Waals surface area contributed by atoms with Gasteiger partial charge in [0, 0.05) is 0 Å². The molecule has 2 N–H and O–H groups in total. The van der Waals surface area contributed by atoms with Crippen LogP contribution in [0.2, 0.25) is 0 Å². The summed E-state index contributed by atoms with van der Waals surface area (Å²) in [6.45, 7) is -0.408. The second-order valence-corrected chi connectivity index (χ2v) is 2.19. The van der Waals surface area contributed by atoms with Crippen LogP contribution in [-0.4, -0.2) is 29.0 Å². The van der Waals surface area contributed by atoms with Gasteiger partial charge in [0.2, 0.25) is 0 Å². The molecule has 3 heteroatoms. The van der Waals surface area contributed by atoms with Crippen LogP contribution < -0.4 is 0 Å². The largest absolute Gasteiger partial charge is 0.486 e. The molecule has 0 saturated carbocycles. The standard InChI is InChI=1S/C7H10O3/c8-5-7(6-9)3-1-2-4-10-7/h1-4,8-9H,5-6H2. The molecule has 0 spiro atoms. The third-order valence-corrected chi connectivity index (χ3v) is 1.43. The second-order valence-electron chi connectivity index (χ2n) is 2.19. The van der Waals surface area contributed by atoms with Crippen molar-refractivity contribution < 1.29 is 14.9 Å². The molecule has 0 aliphatic carbocycles. The highest BCUT2D eigenvalue weighted by Gasteiger charge is 2.26. The highest BCUT2D eigenvalue weighted by atomic mass is 16.5. The summed E-state index contributed by atoms with van der Waals surface area (Å²) in [6.07, 6.45) is 6.51. The van der Waals surface area contributed by atoms with E-state index in [0.29, 0.717) is 0 Å². The van der Waals surface area contributed by atoms with Crippen LogP contribution in [0.15, 0.2) is 24.5 Å². The summed E-state index contributed by atoms with van der Waals surface area (Å²) in [7, 11) is 0. The van der Waals surface area contributed by atoms with Crippen molar-refractivity contribution in [1.29, 1.82) is 0 Å². The van der Waals surface area contributed by atoms with E-state index in [-0.39, 0.29) is 13.2 Å². The maximum absolute atomic E-state index is 8.77. The molecule has 56 valence electrons. The van der Waals surface area contributed by atoms with Gasteiger partial charge < -0.3 is 14.9 Å². The summed E-state index contributed by atoms with van der Waals surface area (Å²) >= 11 is 0. The fourth-order valence-electron chi connectivity index (χ4n) is 0.720. The SMILES string of the molecule is OCC1(CO)C=CC=CO1. The molecule has 0 radical (unpaired) electrons. The van der Waals surface area contributed by atoms with Crippen LogP contribution in [0.25, 0.3) is 0 Å². The molecule has 0 bridgehead atoms. The van der Waals surface area contributed by atoms with Gasteiger partial charge in [0.25, 0.3) is 0 Å². The zero-order chi connectivity index (χ0) is 7.45. The van der Waals surface area contributed by atoms with Crippen molar-refractivity contribution in [2.45, 2.75) is 5.60 Å². The van der Waals surface area contributed by atoms with Crippen molar-refractivity contribution in [2.75, 3.05) is 13.2 Å². The number of aliphatic hydroxyl groups excluding tert-OH is 2. The number of aliphatic hydroxyl groups is 2. The average Bonchev–Trinajstić information content (AvgIpc) is 2.06. The lowest BCUT2D eigenvalue weighted by Crippen LogP contribution is -2.37. The normalized spacial score (nSPS) is 20.6. The lowest BCUT2D eigenvalue weighted by molar-refractivity contribution is -0.0300. The Labute approximate surface area is 59.2 Å². The van der Waals surface area contributed by atoms with E-state index in [0.717, 1.165) is 0 Å². The van der Waals surface area contributed by atoms with Crippen LogP contribution in [-0.2, 0) is 4.74 Å². The van der Waals surface area contributed by atoms with Crippen LogP contribution in [0.3, 0.4) is 0 Å². The predicted molar refractivity (Wildman–Crippen MR) is 36.3 cm³/mol. The first-order chi connectivity index (χ1) is 4.83. The zero-order valence-corrected chi connectivity index (χ0v) is 5.53. The Morgan fingerprint density at radius 1 is 1.20 bits per heavy atom. The fraction of sp³-hybridized carbons (Fsp3) is 0.429. The average molecular weight is 142 g/mol. The molecule has 1 heterocycles. The summed E-state index contributed by atoms with van der Waals surface area (Å²) in [5, 5.41) is 17.5. The first-order valence-corrected chi connectivity index (χ1v) is 3.07. The minimum atomic E-state index is -0.894. The van der Waals surface area contributed by atoms with Gasteiger partial charge in [0.15, 0.2) is 5.60 Å². The van der Waals surface area contributed by atoms with Crippen molar-refractivity contribution in [2.24, 2.45) is 0 Å². The maximum atomic E-state index is 8.77. The van der Waals surface area contributed by atoms with Gasteiger partial charge in [-0.25, -0.2) is 0 Å². The lowest BCUT2D eigenvalue weighted by atomic mass is 10.1. The monoisotopic (exact) mass is 142 g/mol. The van der Waals surface area contributed by atoms with Crippen LogP contribution in [0.4, 0.5) is 0 Å². The molecule has 0 aromatic carbocycles. The van der Waals surface area contributed by atoms with Crippen LogP contribution in [0.1, 0.15) is 0 Å². The molecule has 3 nitrogen and oxygen atoms in total. The van der Waals surface area contributed by atoms with Gasteiger partial charge in [-0.15, -0.1) is 0 Å². The van der Waals surface area contributed by atoms with E-state index < -0.39 is 5.60 Å². The van der Waals surface area contributed by atoms with E-state index >= 15 is 0 Å². The molecule has 1 aliphatic heterocycles.